The van der Waals surface area contributed by atoms with Crippen LogP contribution in [0, 0.1) is 5.41 Å². The average Bonchev–Trinajstić information content (AvgIpc) is 2.02. The second-order valence-corrected chi connectivity index (χ2v) is 4.72. The molecule has 14 heavy (non-hydrogen) atoms. The van der Waals surface area contributed by atoms with Gasteiger partial charge in [0.1, 0.15) is 0 Å². The molecule has 0 aromatic rings. The number of rotatable bonds is 3. The van der Waals surface area contributed by atoms with Crippen molar-refractivity contribution in [1.82, 2.24) is 4.90 Å². The Morgan fingerprint density at radius 1 is 1.57 bits per heavy atom. The molecule has 0 radical (unpaired) electrons. The average molecular weight is 201 g/mol. The zero-order valence-electron chi connectivity index (χ0n) is 8.86. The third-order valence-corrected chi connectivity index (χ3v) is 2.68. The van der Waals surface area contributed by atoms with Gasteiger partial charge in [0, 0.05) is 13.1 Å². The summed E-state index contributed by atoms with van der Waals surface area (Å²) in [5, 5.41) is 18.4. The Labute approximate surface area is 84.5 Å². The molecular formula is C10H19NO3. The summed E-state index contributed by atoms with van der Waals surface area (Å²) in [6.45, 7) is 5.45. The molecule has 82 valence electrons. The number of aliphatic hydroxyl groups excluding tert-OH is 1. The number of aliphatic hydroxyl groups is 1. The fraction of sp³-hybridized carbons (Fsp3) is 0.900. The number of carboxylic acid groups (broad SMARTS) is 1. The number of β-amino-alcohol motifs (C(OH)–C–C–N with tert-alkyl or cyclic N) is 1. The Bertz CT molecular complexity index is 215. The van der Waals surface area contributed by atoms with Crippen molar-refractivity contribution < 1.29 is 15.0 Å². The maximum absolute atomic E-state index is 10.9. The Kier molecular flexibility index (Phi) is 3.50. The van der Waals surface area contributed by atoms with Crippen LogP contribution >= 0.6 is 0 Å². The van der Waals surface area contributed by atoms with Crippen LogP contribution in [-0.4, -0.2) is 46.8 Å². The molecular weight excluding hydrogens is 182 g/mol. The molecule has 1 aliphatic rings. The summed E-state index contributed by atoms with van der Waals surface area (Å²) < 4.78 is 0. The summed E-state index contributed by atoms with van der Waals surface area (Å²) in [6, 6.07) is 0. The maximum Gasteiger partial charge on any atom is 0.310 e. The molecule has 0 aromatic heterocycles. The van der Waals surface area contributed by atoms with E-state index in [-0.39, 0.29) is 6.10 Å². The van der Waals surface area contributed by atoms with Crippen molar-refractivity contribution in [3.8, 4) is 0 Å². The first-order valence-electron chi connectivity index (χ1n) is 5.05. The van der Waals surface area contributed by atoms with Crippen molar-refractivity contribution in [1.29, 1.82) is 0 Å². The molecule has 4 heteroatoms. The molecule has 4 nitrogen and oxygen atoms in total. The standard InChI is InChI=1S/C10H19NO3/c1-10(2,9(13)14)7-11-5-3-4-8(12)6-11/h8,12H,3-7H2,1-2H3,(H,13,14). The van der Waals surface area contributed by atoms with Gasteiger partial charge < -0.3 is 10.2 Å². The fourth-order valence-electron chi connectivity index (χ4n) is 1.80. The highest BCUT2D eigenvalue weighted by atomic mass is 16.4. The van der Waals surface area contributed by atoms with Crippen molar-refractivity contribution in [2.24, 2.45) is 5.41 Å². The largest absolute Gasteiger partial charge is 0.481 e. The number of hydrogen-bond acceptors (Lipinski definition) is 3. The molecule has 1 atom stereocenters. The van der Waals surface area contributed by atoms with Crippen LogP contribution in [0.15, 0.2) is 0 Å². The van der Waals surface area contributed by atoms with Crippen molar-refractivity contribution in [3.05, 3.63) is 0 Å². The molecule has 0 amide bonds. The predicted octanol–water partition coefficient (Wildman–Crippen LogP) is 0.554. The summed E-state index contributed by atoms with van der Waals surface area (Å²) in [6.07, 6.45) is 1.51. The number of likely N-dealkylation sites (tertiary alicyclic amines) is 1. The summed E-state index contributed by atoms with van der Waals surface area (Å²) in [5.41, 5.74) is -0.725. The highest BCUT2D eigenvalue weighted by Gasteiger charge is 2.31. The van der Waals surface area contributed by atoms with Gasteiger partial charge in [-0.2, -0.15) is 0 Å². The van der Waals surface area contributed by atoms with Crippen molar-refractivity contribution in [2.45, 2.75) is 32.8 Å². The van der Waals surface area contributed by atoms with Crippen LogP contribution in [0.2, 0.25) is 0 Å². The number of carboxylic acids is 1. The normalized spacial score (nSPS) is 24.9. The SMILES string of the molecule is CC(C)(CN1CCCC(O)C1)C(=O)O. The molecule has 1 aliphatic heterocycles. The van der Waals surface area contributed by atoms with Gasteiger partial charge in [-0.3, -0.25) is 9.69 Å². The molecule has 2 N–H and O–H groups in total. The van der Waals surface area contributed by atoms with Crippen LogP contribution < -0.4 is 0 Å². The minimum absolute atomic E-state index is 0.284. The lowest BCUT2D eigenvalue weighted by Gasteiger charge is -2.34. The molecule has 1 rings (SSSR count). The monoisotopic (exact) mass is 201 g/mol. The van der Waals surface area contributed by atoms with Gasteiger partial charge in [0.2, 0.25) is 0 Å². The molecule has 0 spiro atoms. The Hall–Kier alpha value is -0.610. The van der Waals surface area contributed by atoms with Crippen LogP contribution in [0.1, 0.15) is 26.7 Å². The van der Waals surface area contributed by atoms with Gasteiger partial charge in [-0.15, -0.1) is 0 Å². The van der Waals surface area contributed by atoms with Gasteiger partial charge in [0.15, 0.2) is 0 Å². The molecule has 1 fully saturated rings. The predicted molar refractivity (Wildman–Crippen MR) is 53.1 cm³/mol. The van der Waals surface area contributed by atoms with Gasteiger partial charge in [0.25, 0.3) is 0 Å². The highest BCUT2D eigenvalue weighted by Crippen LogP contribution is 2.20. The minimum atomic E-state index is -0.780. The first-order chi connectivity index (χ1) is 6.42. The fourth-order valence-corrected chi connectivity index (χ4v) is 1.80. The van der Waals surface area contributed by atoms with E-state index < -0.39 is 11.4 Å². The van der Waals surface area contributed by atoms with Crippen LogP contribution in [0.4, 0.5) is 0 Å². The Morgan fingerprint density at radius 2 is 2.21 bits per heavy atom. The summed E-state index contributed by atoms with van der Waals surface area (Å²) in [5.74, 6) is -0.780. The third-order valence-electron chi connectivity index (χ3n) is 2.68. The second-order valence-electron chi connectivity index (χ2n) is 4.72. The zero-order chi connectivity index (χ0) is 10.8. The van der Waals surface area contributed by atoms with Gasteiger partial charge in [0.05, 0.1) is 11.5 Å². The smallest absolute Gasteiger partial charge is 0.310 e. The number of carbonyl (C=O) groups is 1. The molecule has 0 saturated carbocycles. The van der Waals surface area contributed by atoms with Crippen LogP contribution in [-0.2, 0) is 4.79 Å². The molecule has 1 heterocycles. The van der Waals surface area contributed by atoms with Crippen molar-refractivity contribution >= 4 is 5.97 Å². The van der Waals surface area contributed by atoms with E-state index in [1.165, 1.54) is 0 Å². The molecule has 0 bridgehead atoms. The van der Waals surface area contributed by atoms with Gasteiger partial charge in [-0.25, -0.2) is 0 Å². The van der Waals surface area contributed by atoms with E-state index in [1.54, 1.807) is 13.8 Å². The third kappa shape index (κ3) is 2.96. The maximum atomic E-state index is 10.9. The summed E-state index contributed by atoms with van der Waals surface area (Å²) >= 11 is 0. The van der Waals surface area contributed by atoms with E-state index in [4.69, 9.17) is 5.11 Å². The Morgan fingerprint density at radius 3 is 2.71 bits per heavy atom. The highest BCUT2D eigenvalue weighted by molar-refractivity contribution is 5.73. The molecule has 0 aliphatic carbocycles. The Balaban J connectivity index is 2.47. The van der Waals surface area contributed by atoms with Gasteiger partial charge >= 0.3 is 5.97 Å². The van der Waals surface area contributed by atoms with Crippen LogP contribution in [0.25, 0.3) is 0 Å². The summed E-state index contributed by atoms with van der Waals surface area (Å²) in [7, 11) is 0. The van der Waals surface area contributed by atoms with E-state index in [9.17, 15) is 9.90 Å². The van der Waals surface area contributed by atoms with Gasteiger partial charge in [-0.1, -0.05) is 0 Å². The molecule has 0 aromatic carbocycles. The van der Waals surface area contributed by atoms with E-state index in [2.05, 4.69) is 0 Å². The second kappa shape index (κ2) is 4.28. The summed E-state index contributed by atoms with van der Waals surface area (Å²) in [4.78, 5) is 12.9. The first-order valence-corrected chi connectivity index (χ1v) is 5.05. The van der Waals surface area contributed by atoms with Crippen LogP contribution in [0.5, 0.6) is 0 Å². The topological polar surface area (TPSA) is 60.8 Å². The number of aliphatic carboxylic acids is 1. The lowest BCUT2D eigenvalue weighted by atomic mass is 9.92. The molecule has 1 unspecified atom stereocenters. The van der Waals surface area contributed by atoms with E-state index in [1.807, 2.05) is 4.90 Å². The number of hydrogen-bond donors (Lipinski definition) is 2. The first kappa shape index (κ1) is 11.5. The van der Waals surface area contributed by atoms with E-state index >= 15 is 0 Å². The van der Waals surface area contributed by atoms with E-state index in [0.717, 1.165) is 19.4 Å². The lowest BCUT2D eigenvalue weighted by Crippen LogP contribution is -2.45. The quantitative estimate of drug-likeness (QED) is 0.700. The number of nitrogens with zero attached hydrogens (tertiary/aromatic N) is 1. The van der Waals surface area contributed by atoms with Gasteiger partial charge in [-0.05, 0) is 33.2 Å². The number of piperidine rings is 1. The lowest BCUT2D eigenvalue weighted by molar-refractivity contribution is -0.148. The van der Waals surface area contributed by atoms with Crippen LogP contribution in [0.3, 0.4) is 0 Å². The van der Waals surface area contributed by atoms with E-state index in [0.29, 0.717) is 13.1 Å². The molecule has 1 saturated heterocycles. The van der Waals surface area contributed by atoms with Crippen molar-refractivity contribution in [2.75, 3.05) is 19.6 Å². The zero-order valence-corrected chi connectivity index (χ0v) is 8.86. The van der Waals surface area contributed by atoms with Crippen molar-refractivity contribution in [3.63, 3.8) is 0 Å². The minimum Gasteiger partial charge on any atom is -0.481 e.